The van der Waals surface area contributed by atoms with E-state index in [1.807, 2.05) is 12.1 Å². The minimum Gasteiger partial charge on any atom is -0.369 e. The van der Waals surface area contributed by atoms with Crippen molar-refractivity contribution in [3.05, 3.63) is 40.0 Å². The van der Waals surface area contributed by atoms with Gasteiger partial charge in [-0.2, -0.15) is 5.10 Å². The Kier molecular flexibility index (Phi) is 3.82. The molecule has 3 heterocycles. The van der Waals surface area contributed by atoms with Gasteiger partial charge in [0.1, 0.15) is 5.82 Å². The van der Waals surface area contributed by atoms with Crippen molar-refractivity contribution in [1.82, 2.24) is 14.7 Å². The second-order valence-electron chi connectivity index (χ2n) is 6.81. The van der Waals surface area contributed by atoms with E-state index in [9.17, 15) is 0 Å². The Morgan fingerprint density at radius 1 is 1.26 bits per heavy atom. The van der Waals surface area contributed by atoms with Gasteiger partial charge in [-0.05, 0) is 70.1 Å². The molecule has 0 spiro atoms. The lowest BCUT2D eigenvalue weighted by atomic mass is 9.91. The average Bonchev–Trinajstić information content (AvgIpc) is 3.11. The monoisotopic (exact) mass is 330 g/mol. The minimum absolute atomic E-state index is 0.591. The smallest absolute Gasteiger partial charge is 0.133 e. The predicted molar refractivity (Wildman–Crippen MR) is 95.0 cm³/mol. The zero-order chi connectivity index (χ0) is 16.0. The van der Waals surface area contributed by atoms with Gasteiger partial charge in [-0.25, -0.2) is 4.68 Å². The van der Waals surface area contributed by atoms with E-state index in [0.29, 0.717) is 5.92 Å². The Bertz CT molecular complexity index is 729. The number of nitrogens with one attached hydrogen (secondary N) is 1. The van der Waals surface area contributed by atoms with Crippen molar-refractivity contribution in [3.8, 4) is 5.69 Å². The van der Waals surface area contributed by atoms with Gasteiger partial charge in [-0.1, -0.05) is 11.6 Å². The van der Waals surface area contributed by atoms with E-state index in [2.05, 4.69) is 34.9 Å². The number of aryl methyl sites for hydroxylation is 1. The van der Waals surface area contributed by atoms with Gasteiger partial charge in [0.25, 0.3) is 0 Å². The molecule has 2 aliphatic heterocycles. The molecule has 0 radical (unpaired) electrons. The summed E-state index contributed by atoms with van der Waals surface area (Å²) in [5.74, 6) is 1.78. The lowest BCUT2D eigenvalue weighted by molar-refractivity contribution is 0.252. The second kappa shape index (κ2) is 5.84. The SMILES string of the molecule is Cc1cc(Cl)ccc1-n1nc(C2CCN(C)CC2)c2c1NCC2. The van der Waals surface area contributed by atoms with E-state index < -0.39 is 0 Å². The van der Waals surface area contributed by atoms with Crippen LogP contribution in [0.2, 0.25) is 5.02 Å². The van der Waals surface area contributed by atoms with Crippen molar-refractivity contribution in [2.24, 2.45) is 0 Å². The standard InChI is InChI=1S/C18H23ClN4/c1-12-11-14(19)3-4-16(12)23-18-15(5-8-20-18)17(21-23)13-6-9-22(2)10-7-13/h3-4,11,13,20H,5-10H2,1-2H3. The fourth-order valence-corrected chi connectivity index (χ4v) is 4.07. The topological polar surface area (TPSA) is 33.1 Å². The first-order chi connectivity index (χ1) is 11.1. The lowest BCUT2D eigenvalue weighted by Crippen LogP contribution is -2.29. The zero-order valence-corrected chi connectivity index (χ0v) is 14.5. The van der Waals surface area contributed by atoms with Crippen molar-refractivity contribution in [1.29, 1.82) is 0 Å². The predicted octanol–water partition coefficient (Wildman–Crippen LogP) is 3.61. The molecule has 122 valence electrons. The number of anilines is 1. The molecule has 0 bridgehead atoms. The molecule has 0 amide bonds. The fraction of sp³-hybridized carbons (Fsp3) is 0.500. The number of halogens is 1. The summed E-state index contributed by atoms with van der Waals surface area (Å²) in [7, 11) is 2.21. The molecular formula is C18H23ClN4. The Morgan fingerprint density at radius 3 is 2.78 bits per heavy atom. The third-order valence-corrected chi connectivity index (χ3v) is 5.41. The van der Waals surface area contributed by atoms with Crippen LogP contribution in [-0.2, 0) is 6.42 Å². The van der Waals surface area contributed by atoms with Gasteiger partial charge in [0.15, 0.2) is 0 Å². The summed E-state index contributed by atoms with van der Waals surface area (Å²) >= 11 is 6.11. The first-order valence-corrected chi connectivity index (χ1v) is 8.82. The Morgan fingerprint density at radius 2 is 2.04 bits per heavy atom. The molecular weight excluding hydrogens is 308 g/mol. The van der Waals surface area contributed by atoms with E-state index in [0.717, 1.165) is 29.2 Å². The normalized spacial score (nSPS) is 18.9. The maximum Gasteiger partial charge on any atom is 0.133 e. The van der Waals surface area contributed by atoms with Gasteiger partial charge in [0.05, 0.1) is 11.4 Å². The van der Waals surface area contributed by atoms with Crippen molar-refractivity contribution >= 4 is 17.4 Å². The van der Waals surface area contributed by atoms with Crippen LogP contribution in [-0.4, -0.2) is 41.4 Å². The highest BCUT2D eigenvalue weighted by Gasteiger charge is 2.29. The molecule has 2 aromatic rings. The molecule has 1 fully saturated rings. The highest BCUT2D eigenvalue weighted by molar-refractivity contribution is 6.30. The van der Waals surface area contributed by atoms with Crippen LogP contribution in [0.15, 0.2) is 18.2 Å². The molecule has 2 aliphatic rings. The number of benzene rings is 1. The molecule has 1 aromatic carbocycles. The molecule has 5 heteroatoms. The van der Waals surface area contributed by atoms with Gasteiger partial charge < -0.3 is 10.2 Å². The largest absolute Gasteiger partial charge is 0.369 e. The van der Waals surface area contributed by atoms with Gasteiger partial charge >= 0.3 is 0 Å². The lowest BCUT2D eigenvalue weighted by Gasteiger charge is -2.28. The second-order valence-corrected chi connectivity index (χ2v) is 7.25. The van der Waals surface area contributed by atoms with Crippen molar-refractivity contribution in [2.45, 2.75) is 32.1 Å². The van der Waals surface area contributed by atoms with Crippen LogP contribution >= 0.6 is 11.6 Å². The van der Waals surface area contributed by atoms with Crippen LogP contribution in [0.3, 0.4) is 0 Å². The number of rotatable bonds is 2. The molecule has 23 heavy (non-hydrogen) atoms. The third kappa shape index (κ3) is 2.64. The Hall–Kier alpha value is -1.52. The molecule has 0 saturated carbocycles. The summed E-state index contributed by atoms with van der Waals surface area (Å²) in [6.45, 7) is 5.44. The summed E-state index contributed by atoms with van der Waals surface area (Å²) in [4.78, 5) is 2.41. The summed E-state index contributed by atoms with van der Waals surface area (Å²) in [5.41, 5.74) is 5.02. The summed E-state index contributed by atoms with van der Waals surface area (Å²) in [5, 5.41) is 9.34. The van der Waals surface area contributed by atoms with Gasteiger partial charge in [0.2, 0.25) is 0 Å². The molecule has 4 nitrogen and oxygen atoms in total. The first kappa shape index (κ1) is 15.0. The van der Waals surface area contributed by atoms with Crippen LogP contribution in [0.25, 0.3) is 5.69 Å². The number of likely N-dealkylation sites (tertiary alicyclic amines) is 1. The summed E-state index contributed by atoms with van der Waals surface area (Å²) < 4.78 is 2.10. The average molecular weight is 331 g/mol. The minimum atomic E-state index is 0.591. The maximum atomic E-state index is 6.11. The quantitative estimate of drug-likeness (QED) is 0.913. The molecule has 0 atom stereocenters. The van der Waals surface area contributed by atoms with E-state index in [1.54, 1.807) is 0 Å². The molecule has 1 saturated heterocycles. The first-order valence-electron chi connectivity index (χ1n) is 8.44. The molecule has 1 aromatic heterocycles. The number of piperidine rings is 1. The van der Waals surface area contributed by atoms with Crippen LogP contribution in [0.1, 0.15) is 35.6 Å². The van der Waals surface area contributed by atoms with Crippen LogP contribution in [0, 0.1) is 6.92 Å². The van der Waals surface area contributed by atoms with Crippen molar-refractivity contribution in [2.75, 3.05) is 32.0 Å². The number of aromatic nitrogens is 2. The van der Waals surface area contributed by atoms with E-state index in [4.69, 9.17) is 16.7 Å². The Labute approximate surface area is 142 Å². The van der Waals surface area contributed by atoms with Gasteiger partial charge in [-0.3, -0.25) is 0 Å². The van der Waals surface area contributed by atoms with Crippen LogP contribution in [0.5, 0.6) is 0 Å². The summed E-state index contributed by atoms with van der Waals surface area (Å²) in [6, 6.07) is 6.03. The highest BCUT2D eigenvalue weighted by Crippen LogP contribution is 2.37. The van der Waals surface area contributed by atoms with E-state index >= 15 is 0 Å². The van der Waals surface area contributed by atoms with Crippen LogP contribution in [0.4, 0.5) is 5.82 Å². The number of nitrogens with zero attached hydrogens (tertiary/aromatic N) is 3. The van der Waals surface area contributed by atoms with Crippen LogP contribution < -0.4 is 5.32 Å². The van der Waals surface area contributed by atoms with Gasteiger partial charge in [-0.15, -0.1) is 0 Å². The zero-order valence-electron chi connectivity index (χ0n) is 13.8. The Balaban J connectivity index is 1.76. The number of hydrogen-bond donors (Lipinski definition) is 1. The molecule has 0 unspecified atom stereocenters. The highest BCUT2D eigenvalue weighted by atomic mass is 35.5. The third-order valence-electron chi connectivity index (χ3n) is 5.17. The molecule has 0 aliphatic carbocycles. The maximum absolute atomic E-state index is 6.11. The van der Waals surface area contributed by atoms with E-state index in [1.165, 1.54) is 43.0 Å². The molecule has 1 N–H and O–H groups in total. The van der Waals surface area contributed by atoms with Crippen molar-refractivity contribution in [3.63, 3.8) is 0 Å². The fourth-order valence-electron chi connectivity index (χ4n) is 3.84. The number of hydrogen-bond acceptors (Lipinski definition) is 3. The van der Waals surface area contributed by atoms with Crippen molar-refractivity contribution < 1.29 is 0 Å². The van der Waals surface area contributed by atoms with E-state index in [-0.39, 0.29) is 0 Å². The number of fused-ring (bicyclic) bond motifs is 1. The summed E-state index contributed by atoms with van der Waals surface area (Å²) in [6.07, 6.45) is 3.50. The van der Waals surface area contributed by atoms with Gasteiger partial charge in [0, 0.05) is 23.0 Å². The molecule has 4 rings (SSSR count).